The summed E-state index contributed by atoms with van der Waals surface area (Å²) in [6.45, 7) is 24.0. The fourth-order valence-electron chi connectivity index (χ4n) is 2.21. The Kier molecular flexibility index (Phi) is 7.14. The minimum absolute atomic E-state index is 0.194. The molecular formula is C14H28O4Si4. The molecule has 124 valence electrons. The first-order valence-electron chi connectivity index (χ1n) is 7.52. The third-order valence-corrected chi connectivity index (χ3v) is 18.4. The van der Waals surface area contributed by atoms with Crippen molar-refractivity contribution >= 4 is 35.7 Å². The third-order valence-electron chi connectivity index (χ3n) is 3.75. The maximum Gasteiger partial charge on any atom is 0.349 e. The summed E-state index contributed by atoms with van der Waals surface area (Å²) in [6.07, 6.45) is 0. The van der Waals surface area contributed by atoms with Gasteiger partial charge >= 0.3 is 35.7 Å². The van der Waals surface area contributed by atoms with Crippen LogP contribution in [0.15, 0.2) is 49.1 Å². The second-order valence-corrected chi connectivity index (χ2v) is 18.1. The van der Waals surface area contributed by atoms with Gasteiger partial charge in [0.05, 0.1) is 0 Å². The zero-order chi connectivity index (χ0) is 17.0. The molecule has 0 bridgehead atoms. The molecule has 22 heavy (non-hydrogen) atoms. The summed E-state index contributed by atoms with van der Waals surface area (Å²) in [5, 5.41) is 0. The van der Waals surface area contributed by atoms with Gasteiger partial charge in [0, 0.05) is 0 Å². The predicted octanol–water partition coefficient (Wildman–Crippen LogP) is 3.11. The summed E-state index contributed by atoms with van der Waals surface area (Å²) < 4.78 is 25.5. The molecule has 0 aliphatic carbocycles. The van der Waals surface area contributed by atoms with E-state index in [0.29, 0.717) is 0 Å². The third kappa shape index (κ3) is 3.95. The summed E-state index contributed by atoms with van der Waals surface area (Å²) >= 11 is 0. The quantitative estimate of drug-likeness (QED) is 0.671. The van der Waals surface area contributed by atoms with Crippen LogP contribution in [0.2, 0.25) is 11.1 Å². The molecule has 0 radical (unpaired) electrons. The van der Waals surface area contributed by atoms with E-state index < -0.39 is 35.7 Å². The number of hydrogen-bond acceptors (Lipinski definition) is 4. The average molecular weight is 373 g/mol. The molecular weight excluding hydrogens is 344 g/mol. The van der Waals surface area contributed by atoms with E-state index in [1.807, 2.05) is 11.4 Å². The Labute approximate surface area is 140 Å². The van der Waals surface area contributed by atoms with Crippen molar-refractivity contribution in [2.24, 2.45) is 0 Å². The first kappa shape index (κ1) is 19.7. The minimum atomic E-state index is -2.68. The normalized spacial score (nSPS) is 36.5. The van der Waals surface area contributed by atoms with Gasteiger partial charge in [0.2, 0.25) is 0 Å². The van der Waals surface area contributed by atoms with Gasteiger partial charge in [-0.05, 0) is 11.1 Å². The maximum atomic E-state index is 6.64. The van der Waals surface area contributed by atoms with Crippen LogP contribution in [0.4, 0.5) is 0 Å². The Morgan fingerprint density at radius 3 is 1.36 bits per heavy atom. The second kappa shape index (κ2) is 7.97. The highest BCUT2D eigenvalue weighted by Crippen LogP contribution is 2.36. The topological polar surface area (TPSA) is 36.9 Å². The standard InChI is InChI=1S/C14H28O4Si4/c1-9-19-15-20(10-2)17-22(12-4,14(7)8)18-21(11-3,16-19)13(5)6/h9-14,19-20H,1-4H2,5-8H3. The summed E-state index contributed by atoms with van der Waals surface area (Å²) in [5.74, 6) is 0. The summed E-state index contributed by atoms with van der Waals surface area (Å²) in [6, 6.07) is 0. The largest absolute Gasteiger partial charge is 0.414 e. The Hall–Kier alpha value is -0.332. The van der Waals surface area contributed by atoms with E-state index in [4.69, 9.17) is 16.5 Å². The van der Waals surface area contributed by atoms with Crippen LogP contribution >= 0.6 is 0 Å². The monoisotopic (exact) mass is 372 g/mol. The van der Waals surface area contributed by atoms with Crippen molar-refractivity contribution in [1.29, 1.82) is 0 Å². The molecule has 0 aromatic heterocycles. The molecule has 4 nitrogen and oxygen atoms in total. The SMILES string of the molecule is C=C[SiH]1O[SiH](C=C)O[Si](C=C)(C(C)C)O[Si](C=C)(C(C)C)O1. The fraction of sp³-hybridized carbons (Fsp3) is 0.429. The molecule has 0 spiro atoms. The van der Waals surface area contributed by atoms with Crippen molar-refractivity contribution in [3.05, 3.63) is 49.1 Å². The lowest BCUT2D eigenvalue weighted by molar-refractivity contribution is 0.256. The summed E-state index contributed by atoms with van der Waals surface area (Å²) in [4.78, 5) is 0. The lowest BCUT2D eigenvalue weighted by Gasteiger charge is -2.46. The molecule has 0 saturated carbocycles. The van der Waals surface area contributed by atoms with E-state index in [2.05, 4.69) is 54.0 Å². The Morgan fingerprint density at radius 1 is 0.773 bits per heavy atom. The van der Waals surface area contributed by atoms with Crippen LogP contribution in [0.1, 0.15) is 27.7 Å². The Morgan fingerprint density at radius 2 is 1.14 bits per heavy atom. The van der Waals surface area contributed by atoms with Crippen LogP contribution in [-0.2, 0) is 16.5 Å². The average Bonchev–Trinajstić information content (AvgIpc) is 2.47. The molecule has 1 heterocycles. The van der Waals surface area contributed by atoms with E-state index in [9.17, 15) is 0 Å². The van der Waals surface area contributed by atoms with Gasteiger partial charge < -0.3 is 16.5 Å². The maximum absolute atomic E-state index is 6.64. The smallest absolute Gasteiger partial charge is 0.349 e. The minimum Gasteiger partial charge on any atom is -0.414 e. The highest BCUT2D eigenvalue weighted by Gasteiger charge is 2.53. The Bertz CT molecular complexity index is 405. The van der Waals surface area contributed by atoms with Gasteiger partial charge in [-0.15, -0.1) is 26.3 Å². The molecule has 1 aliphatic heterocycles. The van der Waals surface area contributed by atoms with Gasteiger partial charge in [-0.2, -0.15) is 0 Å². The van der Waals surface area contributed by atoms with E-state index >= 15 is 0 Å². The van der Waals surface area contributed by atoms with Crippen LogP contribution in [0, 0.1) is 0 Å². The van der Waals surface area contributed by atoms with Gasteiger partial charge in [0.15, 0.2) is 0 Å². The Balaban J connectivity index is 3.37. The van der Waals surface area contributed by atoms with Crippen LogP contribution in [0.5, 0.6) is 0 Å². The second-order valence-electron chi connectivity index (χ2n) is 5.84. The molecule has 1 saturated heterocycles. The molecule has 1 fully saturated rings. The molecule has 0 aromatic rings. The van der Waals surface area contributed by atoms with Crippen LogP contribution in [-0.4, -0.2) is 35.7 Å². The van der Waals surface area contributed by atoms with E-state index in [-0.39, 0.29) is 11.1 Å². The summed E-state index contributed by atoms with van der Waals surface area (Å²) in [7, 11) is -9.50. The van der Waals surface area contributed by atoms with Crippen molar-refractivity contribution in [2.75, 3.05) is 0 Å². The van der Waals surface area contributed by atoms with Gasteiger partial charge in [0.1, 0.15) is 0 Å². The van der Waals surface area contributed by atoms with Crippen molar-refractivity contribution in [3.8, 4) is 0 Å². The summed E-state index contributed by atoms with van der Waals surface area (Å²) in [5.41, 5.74) is 7.61. The van der Waals surface area contributed by atoms with E-state index in [0.717, 1.165) is 0 Å². The zero-order valence-electron chi connectivity index (χ0n) is 14.1. The predicted molar refractivity (Wildman–Crippen MR) is 101 cm³/mol. The van der Waals surface area contributed by atoms with Crippen molar-refractivity contribution in [1.82, 2.24) is 0 Å². The number of rotatable bonds is 6. The molecule has 4 atom stereocenters. The van der Waals surface area contributed by atoms with Gasteiger partial charge in [-0.1, -0.05) is 50.5 Å². The fourth-order valence-corrected chi connectivity index (χ4v) is 19.0. The highest BCUT2D eigenvalue weighted by atomic mass is 28.5. The van der Waals surface area contributed by atoms with Crippen molar-refractivity contribution in [2.45, 2.75) is 38.8 Å². The van der Waals surface area contributed by atoms with Crippen LogP contribution in [0.3, 0.4) is 0 Å². The van der Waals surface area contributed by atoms with Crippen molar-refractivity contribution in [3.63, 3.8) is 0 Å². The highest BCUT2D eigenvalue weighted by molar-refractivity contribution is 6.93. The van der Waals surface area contributed by atoms with Gasteiger partial charge in [0.25, 0.3) is 0 Å². The molecule has 0 amide bonds. The molecule has 0 N–H and O–H groups in total. The molecule has 0 aromatic carbocycles. The van der Waals surface area contributed by atoms with Crippen molar-refractivity contribution < 1.29 is 16.5 Å². The molecule has 1 aliphatic rings. The van der Waals surface area contributed by atoms with Crippen LogP contribution in [0.25, 0.3) is 0 Å². The zero-order valence-corrected chi connectivity index (χ0v) is 18.4. The van der Waals surface area contributed by atoms with E-state index in [1.165, 1.54) is 0 Å². The first-order chi connectivity index (χ1) is 10.3. The molecule has 4 unspecified atom stereocenters. The number of hydrogen-bond donors (Lipinski definition) is 0. The first-order valence-corrected chi connectivity index (χ1v) is 14.7. The molecule has 1 rings (SSSR count). The van der Waals surface area contributed by atoms with Crippen LogP contribution < -0.4 is 0 Å². The lowest BCUT2D eigenvalue weighted by atomic mass is 10.6. The molecule has 8 heteroatoms. The lowest BCUT2D eigenvalue weighted by Crippen LogP contribution is -2.63. The van der Waals surface area contributed by atoms with Gasteiger partial charge in [-0.25, -0.2) is 0 Å². The van der Waals surface area contributed by atoms with Gasteiger partial charge in [-0.3, -0.25) is 0 Å². The van der Waals surface area contributed by atoms with E-state index in [1.54, 1.807) is 11.4 Å².